The van der Waals surface area contributed by atoms with Crippen LogP contribution in [0.4, 0.5) is 0 Å². The second-order valence-corrected chi connectivity index (χ2v) is 9.75. The van der Waals surface area contributed by atoms with Gasteiger partial charge in [0.15, 0.2) is 5.78 Å². The molecule has 37 heavy (non-hydrogen) atoms. The highest BCUT2D eigenvalue weighted by molar-refractivity contribution is 5.91. The summed E-state index contributed by atoms with van der Waals surface area (Å²) in [5, 5.41) is 0. The van der Waals surface area contributed by atoms with E-state index in [1.165, 1.54) is 6.08 Å². The number of hydrogen-bond donors (Lipinski definition) is 0. The summed E-state index contributed by atoms with van der Waals surface area (Å²) in [4.78, 5) is 24.8. The van der Waals surface area contributed by atoms with Crippen LogP contribution in [0.15, 0.2) is 84.0 Å². The maximum atomic E-state index is 12.5. The average molecular weight is 507 g/mol. The van der Waals surface area contributed by atoms with E-state index in [-0.39, 0.29) is 24.6 Å². The molecule has 0 radical (unpaired) electrons. The topological polar surface area (TPSA) is 71.1 Å². The molecule has 1 saturated heterocycles. The zero-order chi connectivity index (χ0) is 26.6. The molecule has 0 aliphatic carbocycles. The first kappa shape index (κ1) is 28.4. The van der Waals surface area contributed by atoms with Crippen LogP contribution in [0.3, 0.4) is 0 Å². The number of ketones is 1. The maximum Gasteiger partial charge on any atom is 0.331 e. The molecule has 2 heterocycles. The van der Waals surface area contributed by atoms with E-state index in [0.29, 0.717) is 25.9 Å². The van der Waals surface area contributed by atoms with Gasteiger partial charge in [-0.3, -0.25) is 4.79 Å². The number of allylic oxidation sites excluding steroid dienone is 4. The fourth-order valence-electron chi connectivity index (χ4n) is 4.42. The van der Waals surface area contributed by atoms with Gasteiger partial charge in [-0.1, -0.05) is 59.7 Å². The molecule has 0 amide bonds. The Labute approximate surface area is 220 Å². The summed E-state index contributed by atoms with van der Waals surface area (Å²) in [5.74, 6) is 0.347. The summed E-state index contributed by atoms with van der Waals surface area (Å²) < 4.78 is 23.1. The molecule has 0 aromatic heterocycles. The van der Waals surface area contributed by atoms with Gasteiger partial charge in [-0.2, -0.15) is 0 Å². The van der Waals surface area contributed by atoms with Crippen LogP contribution in [0.1, 0.15) is 51.5 Å². The summed E-state index contributed by atoms with van der Waals surface area (Å²) in [7, 11) is 1.63. The van der Waals surface area contributed by atoms with Crippen molar-refractivity contribution in [1.82, 2.24) is 0 Å². The Morgan fingerprint density at radius 3 is 2.57 bits per heavy atom. The summed E-state index contributed by atoms with van der Waals surface area (Å²) in [5.41, 5.74) is 4.05. The molecule has 6 heteroatoms. The van der Waals surface area contributed by atoms with Crippen molar-refractivity contribution < 1.29 is 28.5 Å². The minimum Gasteiger partial charge on any atom is -0.497 e. The number of carbonyl (C=O) groups excluding carboxylic acids is 2. The Balaban J connectivity index is 1.73. The molecule has 198 valence electrons. The van der Waals surface area contributed by atoms with Crippen molar-refractivity contribution in [2.24, 2.45) is 0 Å². The number of fused-ring (bicyclic) bond motifs is 2. The number of methoxy groups -OCH3 is 1. The molecule has 3 atom stereocenters. The zero-order valence-corrected chi connectivity index (χ0v) is 22.1. The van der Waals surface area contributed by atoms with Gasteiger partial charge in [0.1, 0.15) is 11.9 Å². The molecular weight excluding hydrogens is 468 g/mol. The predicted molar refractivity (Wildman–Crippen MR) is 144 cm³/mol. The molecule has 1 unspecified atom stereocenters. The molecule has 6 nitrogen and oxygen atoms in total. The van der Waals surface area contributed by atoms with Crippen molar-refractivity contribution in [3.8, 4) is 5.75 Å². The molecule has 2 bridgehead atoms. The molecule has 0 N–H and O–H groups in total. The summed E-state index contributed by atoms with van der Waals surface area (Å²) in [6.07, 6.45) is 12.8. The largest absolute Gasteiger partial charge is 0.497 e. The van der Waals surface area contributed by atoms with Gasteiger partial charge in [-0.15, -0.1) is 0 Å². The van der Waals surface area contributed by atoms with E-state index in [1.807, 2.05) is 44.2 Å². The summed E-state index contributed by atoms with van der Waals surface area (Å²) in [6, 6.07) is 7.66. The smallest absolute Gasteiger partial charge is 0.331 e. The number of hydrogen-bond acceptors (Lipinski definition) is 6. The fraction of sp³-hybridized carbons (Fsp3) is 0.419. The minimum atomic E-state index is -0.456. The van der Waals surface area contributed by atoms with E-state index in [1.54, 1.807) is 25.3 Å². The third-order valence-electron chi connectivity index (χ3n) is 6.18. The lowest BCUT2D eigenvalue weighted by Crippen LogP contribution is -2.28. The van der Waals surface area contributed by atoms with E-state index in [9.17, 15) is 9.59 Å². The minimum absolute atomic E-state index is 0.0146. The van der Waals surface area contributed by atoms with Crippen molar-refractivity contribution in [3.05, 3.63) is 89.6 Å². The van der Waals surface area contributed by atoms with Gasteiger partial charge in [-0.25, -0.2) is 4.79 Å². The maximum absolute atomic E-state index is 12.5. The molecule has 1 aromatic carbocycles. The lowest BCUT2D eigenvalue weighted by Gasteiger charge is -2.30. The van der Waals surface area contributed by atoms with Gasteiger partial charge < -0.3 is 18.9 Å². The Morgan fingerprint density at radius 2 is 1.81 bits per heavy atom. The second kappa shape index (κ2) is 14.5. The van der Waals surface area contributed by atoms with Crippen molar-refractivity contribution in [2.45, 2.75) is 70.9 Å². The van der Waals surface area contributed by atoms with Crippen LogP contribution in [0.25, 0.3) is 0 Å². The molecule has 3 rings (SSSR count). The highest BCUT2D eigenvalue weighted by Gasteiger charge is 2.23. The van der Waals surface area contributed by atoms with Crippen molar-refractivity contribution >= 4 is 11.8 Å². The zero-order valence-electron chi connectivity index (χ0n) is 22.1. The van der Waals surface area contributed by atoms with Gasteiger partial charge >= 0.3 is 5.97 Å². The number of cyclic esters (lactones) is 1. The molecule has 1 fully saturated rings. The van der Waals surface area contributed by atoms with Gasteiger partial charge in [0, 0.05) is 18.9 Å². The lowest BCUT2D eigenvalue weighted by molar-refractivity contribution is -0.146. The number of esters is 1. The number of benzene rings is 1. The Bertz CT molecular complexity index is 1060. The normalized spacial score (nSPS) is 28.5. The van der Waals surface area contributed by atoms with E-state index in [2.05, 4.69) is 12.7 Å². The highest BCUT2D eigenvalue weighted by atomic mass is 16.6. The van der Waals surface area contributed by atoms with E-state index < -0.39 is 12.1 Å². The molecule has 2 aliphatic heterocycles. The van der Waals surface area contributed by atoms with Crippen LogP contribution in [-0.2, 0) is 30.4 Å². The van der Waals surface area contributed by atoms with Gasteiger partial charge in [0.05, 0.1) is 32.5 Å². The fourth-order valence-corrected chi connectivity index (χ4v) is 4.42. The third kappa shape index (κ3) is 10.3. The molecular formula is C31H38O6. The molecule has 2 aliphatic rings. The van der Waals surface area contributed by atoms with Crippen molar-refractivity contribution in [1.29, 1.82) is 0 Å². The summed E-state index contributed by atoms with van der Waals surface area (Å²) >= 11 is 0. The first-order valence-corrected chi connectivity index (χ1v) is 12.7. The van der Waals surface area contributed by atoms with Gasteiger partial charge in [-0.05, 0) is 56.9 Å². The number of carbonyl (C=O) groups is 2. The summed E-state index contributed by atoms with van der Waals surface area (Å²) in [6.45, 7) is 8.72. The van der Waals surface area contributed by atoms with Crippen LogP contribution >= 0.6 is 0 Å². The monoisotopic (exact) mass is 506 g/mol. The van der Waals surface area contributed by atoms with Crippen molar-refractivity contribution in [2.75, 3.05) is 13.7 Å². The molecule has 0 saturated carbocycles. The molecule has 1 aromatic rings. The van der Waals surface area contributed by atoms with Crippen LogP contribution < -0.4 is 4.74 Å². The quantitative estimate of drug-likeness (QED) is 0.361. The van der Waals surface area contributed by atoms with Gasteiger partial charge in [0.25, 0.3) is 0 Å². The average Bonchev–Trinajstić information content (AvgIpc) is 2.83. The number of rotatable bonds is 5. The van der Waals surface area contributed by atoms with Crippen LogP contribution in [-0.4, -0.2) is 43.8 Å². The Hall–Kier alpha value is -3.22. The SMILES string of the molecule is C=C1C[C@H]2C/C=C/C(=O)C/C(C)=C/C=C/C(=O)OC(COCc3ccc(OC)cc3)C/C(C)=C/[C@@H](C1)O2. The standard InChI is InChI=1S/C31H38O6/c1-22-7-5-10-31(33)37-30(21-35-20-25-11-13-27(34-4)14-12-25)19-24(3)18-29-17-23(2)16-28(36-29)9-6-8-26(32)15-22/h5-8,10-14,18,28-30H,2,9,15-17,19-21H2,1,3-4H3/b8-6+,10-5+,22-7+,24-18+/t28-,29-,30?/m1/s1. The number of ether oxygens (including phenoxy) is 4. The third-order valence-corrected chi connectivity index (χ3v) is 6.18. The van der Waals surface area contributed by atoms with Crippen LogP contribution in [0.5, 0.6) is 5.75 Å². The first-order chi connectivity index (χ1) is 17.8. The highest BCUT2D eigenvalue weighted by Crippen LogP contribution is 2.27. The molecule has 0 spiro atoms. The van der Waals surface area contributed by atoms with Crippen LogP contribution in [0.2, 0.25) is 0 Å². The van der Waals surface area contributed by atoms with Gasteiger partial charge in [0.2, 0.25) is 0 Å². The second-order valence-electron chi connectivity index (χ2n) is 9.75. The van der Waals surface area contributed by atoms with E-state index in [4.69, 9.17) is 18.9 Å². The van der Waals surface area contributed by atoms with Crippen molar-refractivity contribution in [3.63, 3.8) is 0 Å². The Morgan fingerprint density at radius 1 is 1.03 bits per heavy atom. The predicted octanol–water partition coefficient (Wildman–Crippen LogP) is 5.99. The first-order valence-electron chi connectivity index (χ1n) is 12.7. The van der Waals surface area contributed by atoms with E-state index >= 15 is 0 Å². The Kier molecular flexibility index (Phi) is 11.1. The van der Waals surface area contributed by atoms with Crippen LogP contribution in [0, 0.1) is 0 Å². The van der Waals surface area contributed by atoms with E-state index in [0.717, 1.165) is 40.9 Å². The lowest BCUT2D eigenvalue weighted by atomic mass is 9.95.